The summed E-state index contributed by atoms with van der Waals surface area (Å²) in [6.07, 6.45) is 3.37. The number of nitrogens with zero attached hydrogens (tertiary/aromatic N) is 3. The maximum atomic E-state index is 14.1. The maximum absolute atomic E-state index is 14.1. The molecule has 1 aromatic carbocycles. The fourth-order valence-corrected chi connectivity index (χ4v) is 3.22. The maximum Gasteiger partial charge on any atom is 0.146 e. The van der Waals surface area contributed by atoms with Crippen molar-refractivity contribution in [1.82, 2.24) is 20.1 Å². The lowest BCUT2D eigenvalue weighted by atomic mass is 10.0. The molecule has 0 bridgehead atoms. The molecular formula is C14H15Cl2FN4. The van der Waals surface area contributed by atoms with Gasteiger partial charge in [-0.2, -0.15) is 5.10 Å². The van der Waals surface area contributed by atoms with E-state index in [-0.39, 0.29) is 17.1 Å². The van der Waals surface area contributed by atoms with Crippen molar-refractivity contribution in [2.75, 3.05) is 0 Å². The summed E-state index contributed by atoms with van der Waals surface area (Å²) in [6.45, 7) is 2.64. The third kappa shape index (κ3) is 3.05. The molecule has 2 aromatic rings. The van der Waals surface area contributed by atoms with Gasteiger partial charge in [0.1, 0.15) is 18.0 Å². The van der Waals surface area contributed by atoms with Crippen LogP contribution in [0.1, 0.15) is 30.8 Å². The predicted octanol–water partition coefficient (Wildman–Crippen LogP) is 3.39. The van der Waals surface area contributed by atoms with Crippen LogP contribution in [-0.4, -0.2) is 20.8 Å². The Balaban J connectivity index is 1.74. The molecule has 4 nitrogen and oxygen atoms in total. The van der Waals surface area contributed by atoms with Gasteiger partial charge in [-0.15, -0.1) is 0 Å². The van der Waals surface area contributed by atoms with Crippen LogP contribution in [0.15, 0.2) is 18.5 Å². The average Bonchev–Trinajstić information content (AvgIpc) is 2.90. The van der Waals surface area contributed by atoms with Crippen LogP contribution in [0.25, 0.3) is 0 Å². The van der Waals surface area contributed by atoms with Crippen LogP contribution < -0.4 is 5.32 Å². The van der Waals surface area contributed by atoms with E-state index in [0.29, 0.717) is 10.6 Å². The van der Waals surface area contributed by atoms with E-state index in [9.17, 15) is 4.39 Å². The number of nitrogens with one attached hydrogen (secondary N) is 1. The molecule has 21 heavy (non-hydrogen) atoms. The molecule has 0 saturated carbocycles. The van der Waals surface area contributed by atoms with Crippen molar-refractivity contribution >= 4 is 23.2 Å². The summed E-state index contributed by atoms with van der Waals surface area (Å²) >= 11 is 11.8. The molecule has 1 aliphatic heterocycles. The lowest BCUT2D eigenvalue weighted by Gasteiger charge is -2.27. The van der Waals surface area contributed by atoms with E-state index >= 15 is 0 Å². The smallest absolute Gasteiger partial charge is 0.146 e. The molecule has 0 radical (unpaired) electrons. The predicted molar refractivity (Wildman–Crippen MR) is 80.1 cm³/mol. The second kappa shape index (κ2) is 5.91. The molecule has 7 heteroatoms. The summed E-state index contributed by atoms with van der Waals surface area (Å²) in [4.78, 5) is 4.20. The zero-order valence-electron chi connectivity index (χ0n) is 11.5. The first-order chi connectivity index (χ1) is 10.0. The van der Waals surface area contributed by atoms with Crippen LogP contribution in [0, 0.1) is 5.82 Å². The van der Waals surface area contributed by atoms with Gasteiger partial charge in [-0.25, -0.2) is 14.1 Å². The van der Waals surface area contributed by atoms with Gasteiger partial charge < -0.3 is 5.32 Å². The monoisotopic (exact) mass is 328 g/mol. The molecule has 1 N–H and O–H groups in total. The summed E-state index contributed by atoms with van der Waals surface area (Å²) in [6, 6.07) is 3.06. The Bertz CT molecular complexity index is 658. The molecule has 1 aliphatic rings. The first-order valence-electron chi connectivity index (χ1n) is 6.81. The highest BCUT2D eigenvalue weighted by Crippen LogP contribution is 2.28. The highest BCUT2D eigenvalue weighted by molar-refractivity contribution is 6.34. The number of hydrogen-bond acceptors (Lipinski definition) is 3. The molecule has 112 valence electrons. The molecule has 3 rings (SSSR count). The topological polar surface area (TPSA) is 42.7 Å². The van der Waals surface area contributed by atoms with Gasteiger partial charge in [-0.1, -0.05) is 23.2 Å². The number of hydrogen-bond donors (Lipinski definition) is 1. The van der Waals surface area contributed by atoms with Gasteiger partial charge >= 0.3 is 0 Å². The molecular weight excluding hydrogens is 314 g/mol. The van der Waals surface area contributed by atoms with Gasteiger partial charge in [0.2, 0.25) is 0 Å². The van der Waals surface area contributed by atoms with Crippen LogP contribution in [-0.2, 0) is 13.0 Å². The molecule has 0 spiro atoms. The third-order valence-electron chi connectivity index (χ3n) is 3.78. The van der Waals surface area contributed by atoms with Crippen molar-refractivity contribution in [3.8, 4) is 0 Å². The van der Waals surface area contributed by atoms with E-state index in [1.54, 1.807) is 12.4 Å². The Morgan fingerprint density at radius 1 is 1.43 bits per heavy atom. The molecule has 2 heterocycles. The largest absolute Gasteiger partial charge is 0.305 e. The molecule has 1 aromatic heterocycles. The minimum absolute atomic E-state index is 0.0494. The van der Waals surface area contributed by atoms with E-state index in [1.165, 1.54) is 6.07 Å². The minimum atomic E-state index is -0.418. The summed E-state index contributed by atoms with van der Waals surface area (Å²) < 4.78 is 16.0. The van der Waals surface area contributed by atoms with Crippen LogP contribution in [0.2, 0.25) is 10.0 Å². The number of benzene rings is 1. The second-order valence-corrected chi connectivity index (χ2v) is 6.12. The Hall–Kier alpha value is -1.17. The number of aromatic nitrogens is 3. The van der Waals surface area contributed by atoms with Crippen molar-refractivity contribution in [1.29, 1.82) is 0 Å². The zero-order chi connectivity index (χ0) is 15.0. The van der Waals surface area contributed by atoms with Gasteiger partial charge in [0.25, 0.3) is 0 Å². The molecule has 0 saturated heterocycles. The summed E-state index contributed by atoms with van der Waals surface area (Å²) in [5.74, 6) is 0.580. The number of fused-ring (bicyclic) bond motifs is 1. The highest BCUT2D eigenvalue weighted by Gasteiger charge is 2.23. The van der Waals surface area contributed by atoms with Gasteiger partial charge in [-0.3, -0.25) is 0 Å². The molecule has 0 fully saturated rings. The van der Waals surface area contributed by atoms with Crippen molar-refractivity contribution in [2.24, 2.45) is 0 Å². The lowest BCUT2D eigenvalue weighted by Crippen LogP contribution is -2.39. The van der Waals surface area contributed by atoms with E-state index in [0.717, 1.165) is 25.2 Å². The molecule has 0 amide bonds. The van der Waals surface area contributed by atoms with E-state index in [4.69, 9.17) is 23.2 Å². The highest BCUT2D eigenvalue weighted by atomic mass is 35.5. The Morgan fingerprint density at radius 2 is 2.24 bits per heavy atom. The lowest BCUT2D eigenvalue weighted by molar-refractivity contribution is 0.332. The Kier molecular flexibility index (Phi) is 4.15. The Labute approximate surface area is 132 Å². The zero-order valence-corrected chi connectivity index (χ0v) is 13.0. The fraction of sp³-hybridized carbons (Fsp3) is 0.429. The van der Waals surface area contributed by atoms with Crippen molar-refractivity contribution < 1.29 is 4.39 Å². The van der Waals surface area contributed by atoms with Crippen LogP contribution in [0.4, 0.5) is 4.39 Å². The summed E-state index contributed by atoms with van der Waals surface area (Å²) in [5.41, 5.74) is 0.483. The standard InChI is InChI=1S/C14H15Cl2FN4/c1-8(11-4-9(15)5-12(16)14(11)17)20-10-2-3-13-18-7-19-21(13)6-10/h4-5,7-8,10,20H,2-3,6H2,1H3. The second-order valence-electron chi connectivity index (χ2n) is 5.27. The number of halogens is 3. The van der Waals surface area contributed by atoms with Gasteiger partial charge in [0.05, 0.1) is 11.6 Å². The van der Waals surface area contributed by atoms with Crippen LogP contribution in [0.3, 0.4) is 0 Å². The van der Waals surface area contributed by atoms with Crippen molar-refractivity contribution in [3.63, 3.8) is 0 Å². The summed E-state index contributed by atoms with van der Waals surface area (Å²) in [7, 11) is 0. The van der Waals surface area contributed by atoms with Crippen LogP contribution >= 0.6 is 23.2 Å². The number of rotatable bonds is 3. The van der Waals surface area contributed by atoms with E-state index in [1.807, 2.05) is 11.6 Å². The van der Waals surface area contributed by atoms with Gasteiger partial charge in [0.15, 0.2) is 0 Å². The summed E-state index contributed by atoms with van der Waals surface area (Å²) in [5, 5.41) is 8.08. The molecule has 2 atom stereocenters. The number of aryl methyl sites for hydroxylation is 1. The molecule has 2 unspecified atom stereocenters. The normalized spacial score (nSPS) is 19.3. The van der Waals surface area contributed by atoms with Crippen LogP contribution in [0.5, 0.6) is 0 Å². The van der Waals surface area contributed by atoms with E-state index < -0.39 is 5.82 Å². The first kappa shape index (κ1) is 14.8. The van der Waals surface area contributed by atoms with Gasteiger partial charge in [-0.05, 0) is 25.5 Å². The Morgan fingerprint density at radius 3 is 3.05 bits per heavy atom. The minimum Gasteiger partial charge on any atom is -0.305 e. The fourth-order valence-electron chi connectivity index (χ4n) is 2.71. The molecule has 0 aliphatic carbocycles. The van der Waals surface area contributed by atoms with Gasteiger partial charge in [0, 0.05) is 29.1 Å². The van der Waals surface area contributed by atoms with Crippen molar-refractivity contribution in [2.45, 2.75) is 38.4 Å². The first-order valence-corrected chi connectivity index (χ1v) is 7.57. The SMILES string of the molecule is CC(NC1CCc2ncnn2C1)c1cc(Cl)cc(Cl)c1F. The van der Waals surface area contributed by atoms with E-state index in [2.05, 4.69) is 15.4 Å². The van der Waals surface area contributed by atoms with Crippen molar-refractivity contribution in [3.05, 3.63) is 45.7 Å². The third-order valence-corrected chi connectivity index (χ3v) is 4.27. The quantitative estimate of drug-likeness (QED) is 0.878. The average molecular weight is 329 g/mol.